The number of fused-ring (bicyclic) bond motifs is 1. The second kappa shape index (κ2) is 12.1. The van der Waals surface area contributed by atoms with Crippen molar-refractivity contribution >= 4 is 50.3 Å². The van der Waals surface area contributed by atoms with E-state index in [4.69, 9.17) is 35.5 Å². The van der Waals surface area contributed by atoms with Gasteiger partial charge in [-0.3, -0.25) is 9.69 Å². The first-order chi connectivity index (χ1) is 16.8. The Labute approximate surface area is 214 Å². The van der Waals surface area contributed by atoms with Gasteiger partial charge >= 0.3 is 0 Å². The van der Waals surface area contributed by atoms with Crippen molar-refractivity contribution in [3.8, 4) is 23.0 Å². The number of carbonyl (C=O) groups is 1. The fraction of sp³-hybridized carbons (Fsp3) is 0.360. The van der Waals surface area contributed by atoms with Crippen molar-refractivity contribution in [2.24, 2.45) is 0 Å². The van der Waals surface area contributed by atoms with E-state index in [2.05, 4.69) is 4.90 Å². The summed E-state index contributed by atoms with van der Waals surface area (Å²) < 4.78 is 22.4. The van der Waals surface area contributed by atoms with Crippen molar-refractivity contribution in [1.29, 1.82) is 0 Å². The molecule has 8 nitrogen and oxygen atoms in total. The lowest BCUT2D eigenvalue weighted by Gasteiger charge is -2.19. The number of nitrogens with zero attached hydrogens (tertiary/aromatic N) is 3. The highest BCUT2D eigenvalue weighted by Gasteiger charge is 2.21. The molecule has 188 valence electrons. The molecule has 1 heterocycles. The van der Waals surface area contributed by atoms with Gasteiger partial charge in [0.1, 0.15) is 11.3 Å². The number of aromatic nitrogens is 1. The van der Waals surface area contributed by atoms with E-state index in [0.29, 0.717) is 45.2 Å². The number of rotatable bonds is 11. The van der Waals surface area contributed by atoms with Crippen LogP contribution < -0.4 is 23.8 Å². The molecular formula is C25H30ClN3O5S. The molecule has 0 unspecified atom stereocenters. The summed E-state index contributed by atoms with van der Waals surface area (Å²) in [5.74, 6) is 1.92. The van der Waals surface area contributed by atoms with Crippen molar-refractivity contribution in [1.82, 2.24) is 9.88 Å². The van der Waals surface area contributed by atoms with Crippen molar-refractivity contribution < 1.29 is 23.7 Å². The van der Waals surface area contributed by atoms with Gasteiger partial charge in [-0.15, -0.1) is 0 Å². The topological polar surface area (TPSA) is 73.4 Å². The van der Waals surface area contributed by atoms with Gasteiger partial charge in [0.2, 0.25) is 5.75 Å². The van der Waals surface area contributed by atoms with Crippen molar-refractivity contribution in [3.05, 3.63) is 40.9 Å². The van der Waals surface area contributed by atoms with Crippen LogP contribution in [0.3, 0.4) is 0 Å². The standard InChI is InChI=1S/C25H30ClN3O5S/c1-28(2)12-7-13-29(25-27-22-18(31-3)10-9-17(26)24(22)35-25)21(30)11-8-16-14-19(32-4)23(34-6)20(15-16)33-5/h8-11,14-15H,7,12-13H2,1-6H3/b11-8+. The highest BCUT2D eigenvalue weighted by atomic mass is 35.5. The summed E-state index contributed by atoms with van der Waals surface area (Å²) >= 11 is 7.77. The average molecular weight is 520 g/mol. The zero-order valence-corrected chi connectivity index (χ0v) is 22.3. The van der Waals surface area contributed by atoms with Crippen LogP contribution in [0.25, 0.3) is 16.3 Å². The van der Waals surface area contributed by atoms with Gasteiger partial charge in [0.25, 0.3) is 5.91 Å². The van der Waals surface area contributed by atoms with Crippen molar-refractivity contribution in [3.63, 3.8) is 0 Å². The van der Waals surface area contributed by atoms with Crippen molar-refractivity contribution in [2.45, 2.75) is 6.42 Å². The second-order valence-corrected chi connectivity index (χ2v) is 9.25. The molecule has 2 aromatic carbocycles. The lowest BCUT2D eigenvalue weighted by Crippen LogP contribution is -2.32. The molecular weight excluding hydrogens is 490 g/mol. The maximum absolute atomic E-state index is 13.4. The summed E-state index contributed by atoms with van der Waals surface area (Å²) in [6, 6.07) is 7.11. The summed E-state index contributed by atoms with van der Waals surface area (Å²) in [6.45, 7) is 1.33. The van der Waals surface area contributed by atoms with E-state index in [-0.39, 0.29) is 5.91 Å². The molecule has 35 heavy (non-hydrogen) atoms. The highest BCUT2D eigenvalue weighted by molar-refractivity contribution is 7.23. The first kappa shape index (κ1) is 26.6. The number of anilines is 1. The molecule has 0 spiro atoms. The number of thiazole rings is 1. The quantitative estimate of drug-likeness (QED) is 0.331. The summed E-state index contributed by atoms with van der Waals surface area (Å²) in [7, 11) is 10.2. The van der Waals surface area contributed by atoms with E-state index >= 15 is 0 Å². The number of halogens is 1. The second-order valence-electron chi connectivity index (χ2n) is 7.86. The molecule has 0 aliphatic rings. The van der Waals surface area contributed by atoms with Gasteiger partial charge in [-0.1, -0.05) is 22.9 Å². The largest absolute Gasteiger partial charge is 0.494 e. The molecule has 3 aromatic rings. The minimum atomic E-state index is -0.202. The molecule has 0 aliphatic carbocycles. The normalized spacial score (nSPS) is 11.3. The van der Waals surface area contributed by atoms with Crippen LogP contribution in [0.1, 0.15) is 12.0 Å². The lowest BCUT2D eigenvalue weighted by atomic mass is 10.1. The van der Waals surface area contributed by atoms with E-state index < -0.39 is 0 Å². The van der Waals surface area contributed by atoms with Gasteiger partial charge in [0.05, 0.1) is 38.2 Å². The summed E-state index contributed by atoms with van der Waals surface area (Å²) in [5.41, 5.74) is 1.37. The molecule has 0 N–H and O–H groups in total. The van der Waals surface area contributed by atoms with E-state index in [0.717, 1.165) is 23.2 Å². The molecule has 0 saturated heterocycles. The third-order valence-electron chi connectivity index (χ3n) is 5.26. The molecule has 0 bridgehead atoms. The minimum Gasteiger partial charge on any atom is -0.494 e. The van der Waals surface area contributed by atoms with Crippen LogP contribution in [0.4, 0.5) is 5.13 Å². The number of hydrogen-bond acceptors (Lipinski definition) is 8. The zero-order valence-electron chi connectivity index (χ0n) is 20.8. The summed E-state index contributed by atoms with van der Waals surface area (Å²) in [4.78, 5) is 21.8. The highest BCUT2D eigenvalue weighted by Crippen LogP contribution is 2.40. The van der Waals surface area contributed by atoms with Gasteiger partial charge < -0.3 is 23.8 Å². The number of ether oxygens (including phenoxy) is 4. The first-order valence-electron chi connectivity index (χ1n) is 10.9. The van der Waals surface area contributed by atoms with Crippen LogP contribution in [-0.2, 0) is 4.79 Å². The van der Waals surface area contributed by atoms with Crippen LogP contribution in [-0.4, -0.2) is 71.4 Å². The molecule has 0 radical (unpaired) electrons. The van der Waals surface area contributed by atoms with E-state index in [9.17, 15) is 4.79 Å². The van der Waals surface area contributed by atoms with E-state index in [1.54, 1.807) is 63.7 Å². The Morgan fingerprint density at radius 2 is 1.66 bits per heavy atom. The average Bonchev–Trinajstić information content (AvgIpc) is 3.30. The summed E-state index contributed by atoms with van der Waals surface area (Å²) in [6.07, 6.45) is 4.01. The third kappa shape index (κ3) is 6.17. The third-order valence-corrected chi connectivity index (χ3v) is 6.80. The number of amides is 1. The van der Waals surface area contributed by atoms with Crippen LogP contribution in [0.2, 0.25) is 5.02 Å². The molecule has 0 aliphatic heterocycles. The molecule has 0 saturated carbocycles. The predicted octanol–water partition coefficient (Wildman–Crippen LogP) is 4.98. The Kier molecular flexibility index (Phi) is 9.20. The Morgan fingerprint density at radius 3 is 2.23 bits per heavy atom. The van der Waals surface area contributed by atoms with E-state index in [1.807, 2.05) is 14.1 Å². The molecule has 3 rings (SSSR count). The monoisotopic (exact) mass is 519 g/mol. The smallest absolute Gasteiger partial charge is 0.252 e. The maximum Gasteiger partial charge on any atom is 0.252 e. The molecule has 0 fully saturated rings. The van der Waals surface area contributed by atoms with Crippen LogP contribution in [0.5, 0.6) is 23.0 Å². The summed E-state index contributed by atoms with van der Waals surface area (Å²) in [5, 5.41) is 1.13. The number of benzene rings is 2. The van der Waals surface area contributed by atoms with Gasteiger partial charge in [-0.05, 0) is 63.0 Å². The van der Waals surface area contributed by atoms with Gasteiger partial charge in [-0.2, -0.15) is 0 Å². The lowest BCUT2D eigenvalue weighted by molar-refractivity contribution is -0.114. The SMILES string of the molecule is COc1cc(/C=C/C(=O)N(CCCN(C)C)c2nc3c(OC)ccc(Cl)c3s2)cc(OC)c1OC. The Balaban J connectivity index is 1.96. The number of carbonyl (C=O) groups excluding carboxylic acids is 1. The molecule has 10 heteroatoms. The zero-order chi connectivity index (χ0) is 25.5. The number of methoxy groups -OCH3 is 4. The first-order valence-corrected chi connectivity index (χ1v) is 12.1. The minimum absolute atomic E-state index is 0.202. The van der Waals surface area contributed by atoms with E-state index in [1.165, 1.54) is 17.4 Å². The van der Waals surface area contributed by atoms with Gasteiger partial charge in [-0.25, -0.2) is 4.98 Å². The Hall–Kier alpha value is -3.01. The molecule has 1 aromatic heterocycles. The van der Waals surface area contributed by atoms with Gasteiger partial charge in [0.15, 0.2) is 16.6 Å². The molecule has 0 atom stereocenters. The Bertz CT molecular complexity index is 1190. The van der Waals surface area contributed by atoms with Gasteiger partial charge in [0, 0.05) is 12.6 Å². The maximum atomic E-state index is 13.4. The van der Waals surface area contributed by atoms with Crippen molar-refractivity contribution in [2.75, 3.05) is 60.5 Å². The van der Waals surface area contributed by atoms with Crippen LogP contribution in [0, 0.1) is 0 Å². The Morgan fingerprint density at radius 1 is 1.00 bits per heavy atom. The fourth-order valence-corrected chi connectivity index (χ4v) is 4.81. The van der Waals surface area contributed by atoms with Crippen LogP contribution >= 0.6 is 22.9 Å². The fourth-order valence-electron chi connectivity index (χ4n) is 3.52. The number of hydrogen-bond donors (Lipinski definition) is 0. The van der Waals surface area contributed by atoms with Crippen LogP contribution in [0.15, 0.2) is 30.3 Å². The molecule has 1 amide bonds. The predicted molar refractivity (Wildman–Crippen MR) is 142 cm³/mol.